The lowest BCUT2D eigenvalue weighted by atomic mass is 9.76. The van der Waals surface area contributed by atoms with Crippen LogP contribution in [0.4, 0.5) is 0 Å². The molecule has 0 aromatic heterocycles. The monoisotopic (exact) mass is 322 g/mol. The second kappa shape index (κ2) is 5.75. The molecule has 0 saturated heterocycles. The molecule has 0 amide bonds. The van der Waals surface area contributed by atoms with Gasteiger partial charge in [0, 0.05) is 15.4 Å². The van der Waals surface area contributed by atoms with Gasteiger partial charge in [-0.2, -0.15) is 0 Å². The van der Waals surface area contributed by atoms with Gasteiger partial charge in [0.15, 0.2) is 0 Å². The summed E-state index contributed by atoms with van der Waals surface area (Å²) in [6.45, 7) is 6.71. The van der Waals surface area contributed by atoms with Crippen molar-refractivity contribution in [3.8, 4) is 0 Å². The molecule has 0 bridgehead atoms. The number of alkyl halides is 1. The van der Waals surface area contributed by atoms with E-state index in [1.165, 1.54) is 0 Å². The van der Waals surface area contributed by atoms with E-state index < -0.39 is 0 Å². The van der Waals surface area contributed by atoms with Crippen LogP contribution in [0.3, 0.4) is 0 Å². The summed E-state index contributed by atoms with van der Waals surface area (Å²) in [7, 11) is 0. The highest BCUT2D eigenvalue weighted by atomic mass is 79.9. The van der Waals surface area contributed by atoms with E-state index in [9.17, 15) is 0 Å². The molecule has 0 fully saturated rings. The van der Waals surface area contributed by atoms with E-state index in [2.05, 4.69) is 36.7 Å². The van der Waals surface area contributed by atoms with Gasteiger partial charge in [0.2, 0.25) is 0 Å². The Labute approximate surface area is 116 Å². The van der Waals surface area contributed by atoms with Gasteiger partial charge in [0.1, 0.15) is 0 Å². The lowest BCUT2D eigenvalue weighted by Gasteiger charge is -2.32. The summed E-state index contributed by atoms with van der Waals surface area (Å²) in [6.07, 6.45) is 0.897. The quantitative estimate of drug-likeness (QED) is 0.633. The largest absolute Gasteiger partial charge is 0.0922 e. The molecule has 0 N–H and O–H groups in total. The SMILES string of the molecule is CC(C)C(C)(CBr)Cc1c(Cl)cccc1Cl. The Kier molecular flexibility index (Phi) is 5.15. The molecule has 1 rings (SSSR count). The topological polar surface area (TPSA) is 0 Å². The van der Waals surface area contributed by atoms with Gasteiger partial charge in [-0.1, -0.05) is 66.0 Å². The third-order valence-corrected chi connectivity index (χ3v) is 5.33. The molecule has 1 aromatic rings. The van der Waals surface area contributed by atoms with Crippen LogP contribution in [0.2, 0.25) is 10.0 Å². The van der Waals surface area contributed by atoms with Crippen molar-refractivity contribution in [1.29, 1.82) is 0 Å². The molecule has 0 nitrogen and oxygen atoms in total. The van der Waals surface area contributed by atoms with Crippen molar-refractivity contribution in [1.82, 2.24) is 0 Å². The van der Waals surface area contributed by atoms with Crippen molar-refractivity contribution < 1.29 is 0 Å². The first kappa shape index (κ1) is 14.3. The standard InChI is InChI=1S/C13H17BrCl2/c1-9(2)13(3,8-14)7-10-11(15)5-4-6-12(10)16/h4-6,9H,7-8H2,1-3H3. The maximum absolute atomic E-state index is 6.20. The van der Waals surface area contributed by atoms with Gasteiger partial charge in [0.05, 0.1) is 0 Å². The summed E-state index contributed by atoms with van der Waals surface area (Å²) in [5.41, 5.74) is 1.23. The van der Waals surface area contributed by atoms with E-state index in [-0.39, 0.29) is 5.41 Å². The first-order valence-electron chi connectivity index (χ1n) is 5.39. The van der Waals surface area contributed by atoms with Gasteiger partial charge in [-0.25, -0.2) is 0 Å². The van der Waals surface area contributed by atoms with Crippen LogP contribution in [0, 0.1) is 11.3 Å². The van der Waals surface area contributed by atoms with Gasteiger partial charge in [-0.15, -0.1) is 0 Å². The zero-order valence-electron chi connectivity index (χ0n) is 9.86. The molecule has 0 aliphatic heterocycles. The van der Waals surface area contributed by atoms with Crippen LogP contribution in [-0.4, -0.2) is 5.33 Å². The Balaban J connectivity index is 3.03. The van der Waals surface area contributed by atoms with Crippen LogP contribution in [0.25, 0.3) is 0 Å². The van der Waals surface area contributed by atoms with Crippen LogP contribution in [0.15, 0.2) is 18.2 Å². The Bertz CT molecular complexity index is 343. The Morgan fingerprint density at radius 3 is 2.12 bits per heavy atom. The van der Waals surface area contributed by atoms with Crippen molar-refractivity contribution in [3.05, 3.63) is 33.8 Å². The lowest BCUT2D eigenvalue weighted by Crippen LogP contribution is -2.28. The molecule has 16 heavy (non-hydrogen) atoms. The van der Waals surface area contributed by atoms with E-state index >= 15 is 0 Å². The van der Waals surface area contributed by atoms with Crippen molar-refractivity contribution >= 4 is 39.1 Å². The predicted octanol–water partition coefficient (Wildman–Crippen LogP) is 5.59. The van der Waals surface area contributed by atoms with E-state index in [1.54, 1.807) is 0 Å². The average Bonchev–Trinajstić information content (AvgIpc) is 2.23. The molecule has 3 heteroatoms. The maximum Gasteiger partial charge on any atom is 0.0453 e. The molecule has 0 heterocycles. The van der Waals surface area contributed by atoms with Crippen LogP contribution < -0.4 is 0 Å². The first-order chi connectivity index (χ1) is 7.40. The number of hydrogen-bond acceptors (Lipinski definition) is 0. The second-order valence-corrected chi connectivity index (χ2v) is 6.19. The Hall–Kier alpha value is 0.280. The van der Waals surface area contributed by atoms with E-state index in [4.69, 9.17) is 23.2 Å². The lowest BCUT2D eigenvalue weighted by molar-refractivity contribution is 0.258. The highest BCUT2D eigenvalue weighted by Gasteiger charge is 2.29. The van der Waals surface area contributed by atoms with E-state index in [0.717, 1.165) is 27.4 Å². The molecule has 0 spiro atoms. The van der Waals surface area contributed by atoms with E-state index in [1.807, 2.05) is 18.2 Å². The fourth-order valence-electron chi connectivity index (χ4n) is 1.51. The van der Waals surface area contributed by atoms with Gasteiger partial charge in [-0.3, -0.25) is 0 Å². The van der Waals surface area contributed by atoms with E-state index in [0.29, 0.717) is 5.92 Å². The summed E-state index contributed by atoms with van der Waals surface area (Å²) in [5.74, 6) is 0.569. The molecule has 0 saturated carbocycles. The number of benzene rings is 1. The van der Waals surface area contributed by atoms with Crippen molar-refractivity contribution in [3.63, 3.8) is 0 Å². The van der Waals surface area contributed by atoms with Crippen LogP contribution in [0.1, 0.15) is 26.3 Å². The molecular weight excluding hydrogens is 307 g/mol. The molecule has 1 unspecified atom stereocenters. The van der Waals surface area contributed by atoms with Gasteiger partial charge in [-0.05, 0) is 35.4 Å². The first-order valence-corrected chi connectivity index (χ1v) is 7.27. The summed E-state index contributed by atoms with van der Waals surface area (Å²) in [5, 5.41) is 2.47. The highest BCUT2D eigenvalue weighted by molar-refractivity contribution is 9.09. The summed E-state index contributed by atoms with van der Waals surface area (Å²) < 4.78 is 0. The summed E-state index contributed by atoms with van der Waals surface area (Å²) in [6, 6.07) is 5.69. The Morgan fingerprint density at radius 2 is 1.75 bits per heavy atom. The molecule has 0 radical (unpaired) electrons. The van der Waals surface area contributed by atoms with Gasteiger partial charge in [0.25, 0.3) is 0 Å². The summed E-state index contributed by atoms with van der Waals surface area (Å²) in [4.78, 5) is 0. The smallest absolute Gasteiger partial charge is 0.0453 e. The van der Waals surface area contributed by atoms with Gasteiger partial charge >= 0.3 is 0 Å². The second-order valence-electron chi connectivity index (χ2n) is 4.82. The number of hydrogen-bond donors (Lipinski definition) is 0. The van der Waals surface area contributed by atoms with Crippen LogP contribution >= 0.6 is 39.1 Å². The molecular formula is C13H17BrCl2. The minimum atomic E-state index is 0.175. The van der Waals surface area contributed by atoms with Gasteiger partial charge < -0.3 is 0 Å². The molecule has 0 aliphatic carbocycles. The normalized spacial score (nSPS) is 15.2. The highest BCUT2D eigenvalue weighted by Crippen LogP contribution is 2.37. The number of halogens is 3. The van der Waals surface area contributed by atoms with Crippen molar-refractivity contribution in [2.75, 3.05) is 5.33 Å². The predicted molar refractivity (Wildman–Crippen MR) is 76.9 cm³/mol. The molecule has 0 aliphatic rings. The van der Waals surface area contributed by atoms with Crippen LogP contribution in [0.5, 0.6) is 0 Å². The van der Waals surface area contributed by atoms with Crippen molar-refractivity contribution in [2.45, 2.75) is 27.2 Å². The zero-order chi connectivity index (χ0) is 12.3. The maximum atomic E-state index is 6.20. The van der Waals surface area contributed by atoms with Crippen molar-refractivity contribution in [2.24, 2.45) is 11.3 Å². The Morgan fingerprint density at radius 1 is 1.25 bits per heavy atom. The fourth-order valence-corrected chi connectivity index (χ4v) is 2.89. The average molecular weight is 324 g/mol. The summed E-state index contributed by atoms with van der Waals surface area (Å²) >= 11 is 16.0. The molecule has 90 valence electrons. The minimum Gasteiger partial charge on any atom is -0.0922 e. The van der Waals surface area contributed by atoms with Crippen LogP contribution in [-0.2, 0) is 6.42 Å². The number of rotatable bonds is 4. The molecule has 1 aromatic carbocycles. The minimum absolute atomic E-state index is 0.175. The molecule has 1 atom stereocenters. The third kappa shape index (κ3) is 3.15. The third-order valence-electron chi connectivity index (χ3n) is 3.34. The zero-order valence-corrected chi connectivity index (χ0v) is 13.0. The fraction of sp³-hybridized carbons (Fsp3) is 0.538.